The third kappa shape index (κ3) is 4.86. The van der Waals surface area contributed by atoms with E-state index in [9.17, 15) is 9.59 Å². The summed E-state index contributed by atoms with van der Waals surface area (Å²) in [6.45, 7) is 1.40. The molecule has 5 nitrogen and oxygen atoms in total. The summed E-state index contributed by atoms with van der Waals surface area (Å²) in [5.41, 5.74) is 11.0. The fraction of sp³-hybridized carbons (Fsp3) is 0.833. The van der Waals surface area contributed by atoms with Crippen LogP contribution >= 0.6 is 11.8 Å². The van der Waals surface area contributed by atoms with Crippen molar-refractivity contribution in [2.24, 2.45) is 17.4 Å². The quantitative estimate of drug-likeness (QED) is 0.722. The molecule has 0 aromatic rings. The van der Waals surface area contributed by atoms with E-state index in [1.165, 1.54) is 0 Å². The van der Waals surface area contributed by atoms with Gasteiger partial charge in [-0.3, -0.25) is 9.59 Å². The van der Waals surface area contributed by atoms with E-state index in [0.717, 1.165) is 25.0 Å². The number of nitrogens with two attached hydrogens (primary N) is 2. The van der Waals surface area contributed by atoms with Crippen molar-refractivity contribution in [3.63, 3.8) is 0 Å². The second-order valence-corrected chi connectivity index (χ2v) is 5.81. The van der Waals surface area contributed by atoms with E-state index >= 15 is 0 Å². The smallest absolute Gasteiger partial charge is 0.239 e. The number of thioether (sulfide) groups is 1. The Hall–Kier alpha value is -0.750. The van der Waals surface area contributed by atoms with Crippen LogP contribution in [-0.4, -0.2) is 47.9 Å². The summed E-state index contributed by atoms with van der Waals surface area (Å²) < 4.78 is 0. The highest BCUT2D eigenvalue weighted by Crippen LogP contribution is 2.20. The van der Waals surface area contributed by atoms with Gasteiger partial charge >= 0.3 is 0 Å². The Balaban J connectivity index is 2.33. The van der Waals surface area contributed by atoms with Crippen molar-refractivity contribution in [2.75, 3.05) is 25.1 Å². The molecule has 6 heteroatoms. The maximum Gasteiger partial charge on any atom is 0.239 e. The average molecular weight is 273 g/mol. The largest absolute Gasteiger partial charge is 0.370 e. The zero-order chi connectivity index (χ0) is 13.5. The molecule has 104 valence electrons. The van der Waals surface area contributed by atoms with Crippen LogP contribution in [0.1, 0.15) is 25.7 Å². The summed E-state index contributed by atoms with van der Waals surface area (Å²) in [6, 6.07) is -0.384. The first-order valence-corrected chi connectivity index (χ1v) is 7.75. The van der Waals surface area contributed by atoms with Gasteiger partial charge in [0.1, 0.15) is 0 Å². The second-order valence-electron chi connectivity index (χ2n) is 4.83. The third-order valence-electron chi connectivity index (χ3n) is 3.37. The standard InChI is InChI=1S/C12H23N3O2S/c1-18-7-4-10(13)12(17)15-5-2-9(3-6-15)8-11(14)16/h9-10H,2-8,13H2,1H3,(H2,14,16)/t10-/m0/s1. The fourth-order valence-corrected chi connectivity index (χ4v) is 2.73. The zero-order valence-corrected chi connectivity index (χ0v) is 11.7. The number of carbonyl (C=O) groups excluding carboxylic acids is 2. The molecule has 1 aliphatic rings. The number of nitrogens with zero attached hydrogens (tertiary/aromatic N) is 1. The number of hydrogen-bond donors (Lipinski definition) is 2. The van der Waals surface area contributed by atoms with Crippen LogP contribution in [0.4, 0.5) is 0 Å². The van der Waals surface area contributed by atoms with Crippen LogP contribution in [0.2, 0.25) is 0 Å². The van der Waals surface area contributed by atoms with E-state index in [1.807, 2.05) is 11.2 Å². The van der Waals surface area contributed by atoms with Crippen molar-refractivity contribution in [3.05, 3.63) is 0 Å². The van der Waals surface area contributed by atoms with Crippen molar-refractivity contribution in [1.29, 1.82) is 0 Å². The number of primary amides is 1. The maximum absolute atomic E-state index is 12.0. The number of carbonyl (C=O) groups is 2. The Morgan fingerprint density at radius 1 is 1.39 bits per heavy atom. The monoisotopic (exact) mass is 273 g/mol. The van der Waals surface area contributed by atoms with Crippen molar-refractivity contribution in [1.82, 2.24) is 4.90 Å². The first-order chi connectivity index (χ1) is 8.54. The van der Waals surface area contributed by atoms with Gasteiger partial charge in [0.2, 0.25) is 11.8 Å². The van der Waals surface area contributed by atoms with Crippen molar-refractivity contribution in [2.45, 2.75) is 31.7 Å². The first-order valence-electron chi connectivity index (χ1n) is 6.36. The molecule has 4 N–H and O–H groups in total. The van der Waals surface area contributed by atoms with E-state index in [0.29, 0.717) is 25.4 Å². The summed E-state index contributed by atoms with van der Waals surface area (Å²) in [7, 11) is 0. The van der Waals surface area contributed by atoms with Gasteiger partial charge in [-0.15, -0.1) is 0 Å². The van der Waals surface area contributed by atoms with Gasteiger partial charge in [0.15, 0.2) is 0 Å². The first kappa shape index (κ1) is 15.3. The van der Waals surface area contributed by atoms with Gasteiger partial charge in [0.05, 0.1) is 6.04 Å². The maximum atomic E-state index is 12.0. The molecule has 1 heterocycles. The third-order valence-corrected chi connectivity index (χ3v) is 4.01. The lowest BCUT2D eigenvalue weighted by atomic mass is 9.93. The highest BCUT2D eigenvalue weighted by Gasteiger charge is 2.26. The van der Waals surface area contributed by atoms with Gasteiger partial charge < -0.3 is 16.4 Å². The lowest BCUT2D eigenvalue weighted by molar-refractivity contribution is -0.134. The Morgan fingerprint density at radius 3 is 2.50 bits per heavy atom. The molecule has 0 spiro atoms. The molecule has 0 aliphatic carbocycles. The zero-order valence-electron chi connectivity index (χ0n) is 10.9. The van der Waals surface area contributed by atoms with Crippen LogP contribution in [0.15, 0.2) is 0 Å². The molecule has 1 saturated heterocycles. The van der Waals surface area contributed by atoms with E-state index in [1.54, 1.807) is 11.8 Å². The topological polar surface area (TPSA) is 89.4 Å². The highest BCUT2D eigenvalue weighted by molar-refractivity contribution is 7.98. The summed E-state index contributed by atoms with van der Waals surface area (Å²) in [4.78, 5) is 24.7. The van der Waals surface area contributed by atoms with Crippen LogP contribution in [0, 0.1) is 5.92 Å². The number of rotatable bonds is 6. The molecular formula is C12H23N3O2S. The molecule has 0 bridgehead atoms. The molecule has 0 unspecified atom stereocenters. The van der Waals surface area contributed by atoms with E-state index in [4.69, 9.17) is 11.5 Å². The lowest BCUT2D eigenvalue weighted by Crippen LogP contribution is -2.47. The molecule has 18 heavy (non-hydrogen) atoms. The summed E-state index contributed by atoms with van der Waals surface area (Å²) in [6.07, 6.45) is 4.86. The molecule has 1 rings (SSSR count). The fourth-order valence-electron chi connectivity index (χ4n) is 2.24. The molecule has 0 aromatic heterocycles. The summed E-state index contributed by atoms with van der Waals surface area (Å²) in [5.74, 6) is 1.03. The molecule has 2 amide bonds. The van der Waals surface area contributed by atoms with Crippen molar-refractivity contribution in [3.8, 4) is 0 Å². The summed E-state index contributed by atoms with van der Waals surface area (Å²) in [5, 5.41) is 0. The van der Waals surface area contributed by atoms with Crippen LogP contribution in [0.25, 0.3) is 0 Å². The Kier molecular flexibility index (Phi) is 6.49. The van der Waals surface area contributed by atoms with E-state index < -0.39 is 0 Å². The molecule has 1 aliphatic heterocycles. The van der Waals surface area contributed by atoms with Crippen LogP contribution in [0.5, 0.6) is 0 Å². The molecule has 0 radical (unpaired) electrons. The van der Waals surface area contributed by atoms with Crippen LogP contribution in [-0.2, 0) is 9.59 Å². The highest BCUT2D eigenvalue weighted by atomic mass is 32.2. The number of hydrogen-bond acceptors (Lipinski definition) is 4. The predicted octanol–water partition coefficient (Wildman–Crippen LogP) is 0.181. The second kappa shape index (κ2) is 7.63. The van der Waals surface area contributed by atoms with Gasteiger partial charge in [0, 0.05) is 19.5 Å². The van der Waals surface area contributed by atoms with Gasteiger partial charge in [0.25, 0.3) is 0 Å². The molecule has 1 atom stereocenters. The lowest BCUT2D eigenvalue weighted by Gasteiger charge is -2.33. The normalized spacial score (nSPS) is 18.7. The van der Waals surface area contributed by atoms with Gasteiger partial charge in [-0.25, -0.2) is 0 Å². The van der Waals surface area contributed by atoms with Gasteiger partial charge in [-0.05, 0) is 37.2 Å². The van der Waals surface area contributed by atoms with E-state index in [-0.39, 0.29) is 17.9 Å². The predicted molar refractivity (Wildman–Crippen MR) is 74.1 cm³/mol. The van der Waals surface area contributed by atoms with Crippen molar-refractivity contribution >= 4 is 23.6 Å². The summed E-state index contributed by atoms with van der Waals surface area (Å²) >= 11 is 1.70. The Morgan fingerprint density at radius 2 is 2.00 bits per heavy atom. The van der Waals surface area contributed by atoms with E-state index in [2.05, 4.69) is 0 Å². The average Bonchev–Trinajstić information content (AvgIpc) is 2.35. The molecule has 0 saturated carbocycles. The molecule has 0 aromatic carbocycles. The minimum Gasteiger partial charge on any atom is -0.370 e. The number of amides is 2. The number of likely N-dealkylation sites (tertiary alicyclic amines) is 1. The SMILES string of the molecule is CSCC[C@H](N)C(=O)N1CCC(CC(N)=O)CC1. The minimum atomic E-state index is -0.384. The Labute approximate surface area is 113 Å². The molecular weight excluding hydrogens is 250 g/mol. The number of piperidine rings is 1. The van der Waals surface area contributed by atoms with Crippen LogP contribution < -0.4 is 11.5 Å². The van der Waals surface area contributed by atoms with Gasteiger partial charge in [-0.2, -0.15) is 11.8 Å². The minimum absolute atomic E-state index is 0.0431. The molecule has 1 fully saturated rings. The van der Waals surface area contributed by atoms with Gasteiger partial charge in [-0.1, -0.05) is 0 Å². The Bertz CT molecular complexity index is 291. The van der Waals surface area contributed by atoms with Crippen LogP contribution in [0.3, 0.4) is 0 Å². The van der Waals surface area contributed by atoms with Crippen molar-refractivity contribution < 1.29 is 9.59 Å².